The predicted molar refractivity (Wildman–Crippen MR) is 69.2 cm³/mol. The highest BCUT2D eigenvalue weighted by Crippen LogP contribution is 2.21. The average Bonchev–Trinajstić information content (AvgIpc) is 2.31. The Labute approximate surface area is 105 Å². The summed E-state index contributed by atoms with van der Waals surface area (Å²) < 4.78 is 5.61. The number of anilines is 1. The third-order valence-electron chi connectivity index (χ3n) is 2.36. The van der Waals surface area contributed by atoms with Crippen LogP contribution in [0, 0.1) is 6.92 Å². The molecule has 3 nitrogen and oxygen atoms in total. The van der Waals surface area contributed by atoms with Gasteiger partial charge in [0.1, 0.15) is 12.4 Å². The first-order valence-corrected chi connectivity index (χ1v) is 5.62. The summed E-state index contributed by atoms with van der Waals surface area (Å²) in [6.07, 6.45) is 1.67. The third-order valence-corrected chi connectivity index (χ3v) is 2.78. The lowest BCUT2D eigenvalue weighted by molar-refractivity contribution is 0.301. The van der Waals surface area contributed by atoms with Crippen LogP contribution < -0.4 is 10.5 Å². The number of halogens is 1. The number of nitrogens with zero attached hydrogens (tertiary/aromatic N) is 1. The number of aromatic nitrogens is 1. The molecule has 4 heteroatoms. The maximum atomic E-state index is 5.93. The monoisotopic (exact) mass is 248 g/mol. The van der Waals surface area contributed by atoms with Gasteiger partial charge in [-0.25, -0.2) is 0 Å². The van der Waals surface area contributed by atoms with Gasteiger partial charge in [-0.3, -0.25) is 4.98 Å². The van der Waals surface area contributed by atoms with E-state index in [4.69, 9.17) is 22.1 Å². The molecule has 2 rings (SSSR count). The number of benzene rings is 1. The van der Waals surface area contributed by atoms with Crippen molar-refractivity contribution in [3.63, 3.8) is 0 Å². The highest BCUT2D eigenvalue weighted by molar-refractivity contribution is 6.31. The van der Waals surface area contributed by atoms with Crippen LogP contribution in [-0.4, -0.2) is 4.98 Å². The van der Waals surface area contributed by atoms with Gasteiger partial charge in [0.25, 0.3) is 0 Å². The maximum absolute atomic E-state index is 5.93. The fraction of sp³-hybridized carbons (Fsp3) is 0.154. The van der Waals surface area contributed by atoms with Crippen LogP contribution in [-0.2, 0) is 6.61 Å². The Hall–Kier alpha value is -1.74. The summed E-state index contributed by atoms with van der Waals surface area (Å²) >= 11 is 5.93. The Morgan fingerprint density at radius 2 is 2.12 bits per heavy atom. The second-order valence-electron chi connectivity index (χ2n) is 3.78. The fourth-order valence-corrected chi connectivity index (χ4v) is 1.56. The number of hydrogen-bond acceptors (Lipinski definition) is 3. The van der Waals surface area contributed by atoms with Crippen LogP contribution in [0.1, 0.15) is 11.3 Å². The van der Waals surface area contributed by atoms with E-state index >= 15 is 0 Å². The van der Waals surface area contributed by atoms with E-state index in [-0.39, 0.29) is 0 Å². The lowest BCUT2D eigenvalue weighted by Crippen LogP contribution is -1.99. The lowest BCUT2D eigenvalue weighted by Gasteiger charge is -2.07. The molecule has 2 aromatic rings. The minimum absolute atomic E-state index is 0.395. The van der Waals surface area contributed by atoms with Gasteiger partial charge in [0, 0.05) is 16.9 Å². The minimum atomic E-state index is 0.395. The van der Waals surface area contributed by atoms with Crippen LogP contribution in [0.25, 0.3) is 0 Å². The Morgan fingerprint density at radius 1 is 1.29 bits per heavy atom. The van der Waals surface area contributed by atoms with Crippen molar-refractivity contribution < 1.29 is 4.74 Å². The van der Waals surface area contributed by atoms with Crippen LogP contribution in [0.3, 0.4) is 0 Å². The van der Waals surface area contributed by atoms with Gasteiger partial charge >= 0.3 is 0 Å². The molecule has 0 aliphatic rings. The van der Waals surface area contributed by atoms with Gasteiger partial charge in [-0.1, -0.05) is 11.6 Å². The first-order valence-electron chi connectivity index (χ1n) is 5.24. The van der Waals surface area contributed by atoms with E-state index in [0.29, 0.717) is 12.3 Å². The second kappa shape index (κ2) is 5.06. The Morgan fingerprint density at radius 3 is 2.82 bits per heavy atom. The summed E-state index contributed by atoms with van der Waals surface area (Å²) in [6, 6.07) is 9.09. The van der Waals surface area contributed by atoms with Crippen molar-refractivity contribution in [1.29, 1.82) is 0 Å². The molecule has 1 aromatic carbocycles. The highest BCUT2D eigenvalue weighted by atomic mass is 35.5. The molecule has 0 amide bonds. The summed E-state index contributed by atoms with van der Waals surface area (Å²) in [7, 11) is 0. The Kier molecular flexibility index (Phi) is 3.49. The number of pyridine rings is 1. The smallest absolute Gasteiger partial charge is 0.130 e. The maximum Gasteiger partial charge on any atom is 0.130 e. The van der Waals surface area contributed by atoms with Gasteiger partial charge in [-0.15, -0.1) is 0 Å². The molecular weight excluding hydrogens is 236 g/mol. The molecule has 0 fully saturated rings. The number of nitrogens with two attached hydrogens (primary N) is 1. The molecule has 0 unspecified atom stereocenters. The third kappa shape index (κ3) is 3.11. The SMILES string of the molecule is Cc1cc(OCc2cc(N)ccn2)ccc1Cl. The van der Waals surface area contributed by atoms with Crippen LogP contribution in [0.4, 0.5) is 5.69 Å². The highest BCUT2D eigenvalue weighted by Gasteiger charge is 2.00. The second-order valence-corrected chi connectivity index (χ2v) is 4.19. The molecule has 88 valence electrons. The van der Waals surface area contributed by atoms with Crippen molar-refractivity contribution in [3.8, 4) is 5.75 Å². The van der Waals surface area contributed by atoms with Crippen molar-refractivity contribution in [3.05, 3.63) is 52.8 Å². The zero-order valence-electron chi connectivity index (χ0n) is 9.48. The van der Waals surface area contributed by atoms with Crippen LogP contribution in [0.5, 0.6) is 5.75 Å². The zero-order valence-corrected chi connectivity index (χ0v) is 10.2. The summed E-state index contributed by atoms with van der Waals surface area (Å²) in [5.41, 5.74) is 8.14. The van der Waals surface area contributed by atoms with Gasteiger partial charge < -0.3 is 10.5 Å². The number of aryl methyl sites for hydroxylation is 1. The molecular formula is C13H13ClN2O. The molecule has 0 aliphatic carbocycles. The summed E-state index contributed by atoms with van der Waals surface area (Å²) in [4.78, 5) is 4.16. The normalized spacial score (nSPS) is 10.2. The van der Waals surface area contributed by atoms with Crippen molar-refractivity contribution >= 4 is 17.3 Å². The van der Waals surface area contributed by atoms with Gasteiger partial charge in [-0.2, -0.15) is 0 Å². The molecule has 0 bridgehead atoms. The van der Waals surface area contributed by atoms with E-state index in [1.54, 1.807) is 18.3 Å². The van der Waals surface area contributed by atoms with E-state index < -0.39 is 0 Å². The molecule has 0 atom stereocenters. The topological polar surface area (TPSA) is 48.1 Å². The molecule has 0 spiro atoms. The van der Waals surface area contributed by atoms with Crippen molar-refractivity contribution in [2.75, 3.05) is 5.73 Å². The molecule has 0 saturated heterocycles. The van der Waals surface area contributed by atoms with Crippen molar-refractivity contribution in [2.45, 2.75) is 13.5 Å². The van der Waals surface area contributed by atoms with E-state index in [9.17, 15) is 0 Å². The number of hydrogen-bond donors (Lipinski definition) is 1. The van der Waals surface area contributed by atoms with E-state index in [0.717, 1.165) is 22.0 Å². The van der Waals surface area contributed by atoms with Crippen molar-refractivity contribution in [1.82, 2.24) is 4.98 Å². The molecule has 1 heterocycles. The van der Waals surface area contributed by atoms with E-state index in [1.807, 2.05) is 25.1 Å². The Bertz CT molecular complexity index is 529. The first-order chi connectivity index (χ1) is 8.15. The lowest BCUT2D eigenvalue weighted by atomic mass is 10.2. The molecule has 17 heavy (non-hydrogen) atoms. The van der Waals surface area contributed by atoms with Gasteiger partial charge in [0.2, 0.25) is 0 Å². The first kappa shape index (κ1) is 11.7. The van der Waals surface area contributed by atoms with Gasteiger partial charge in [0.05, 0.1) is 5.69 Å². The number of rotatable bonds is 3. The predicted octanol–water partition coefficient (Wildman–Crippen LogP) is 3.20. The largest absolute Gasteiger partial charge is 0.487 e. The molecule has 1 aromatic heterocycles. The summed E-state index contributed by atoms with van der Waals surface area (Å²) in [6.45, 7) is 2.33. The van der Waals surface area contributed by atoms with E-state index in [1.165, 1.54) is 0 Å². The van der Waals surface area contributed by atoms with Crippen molar-refractivity contribution in [2.24, 2.45) is 0 Å². The van der Waals surface area contributed by atoms with E-state index in [2.05, 4.69) is 4.98 Å². The molecule has 0 aliphatic heterocycles. The van der Waals surface area contributed by atoms with Gasteiger partial charge in [-0.05, 0) is 42.8 Å². The fourth-order valence-electron chi connectivity index (χ4n) is 1.44. The number of ether oxygens (including phenoxy) is 1. The van der Waals surface area contributed by atoms with Crippen LogP contribution >= 0.6 is 11.6 Å². The number of nitrogen functional groups attached to an aromatic ring is 1. The standard InChI is InChI=1S/C13H13ClN2O/c1-9-6-12(2-3-13(9)14)17-8-11-7-10(15)4-5-16-11/h2-7H,8H2,1H3,(H2,15,16). The Balaban J connectivity index is 2.05. The molecule has 0 radical (unpaired) electrons. The van der Waals surface area contributed by atoms with Gasteiger partial charge in [0.15, 0.2) is 0 Å². The van der Waals surface area contributed by atoms with Crippen LogP contribution in [0.2, 0.25) is 5.02 Å². The summed E-state index contributed by atoms with van der Waals surface area (Å²) in [5.74, 6) is 0.774. The van der Waals surface area contributed by atoms with Crippen LogP contribution in [0.15, 0.2) is 36.5 Å². The molecule has 2 N–H and O–H groups in total. The zero-order chi connectivity index (χ0) is 12.3. The summed E-state index contributed by atoms with van der Waals surface area (Å²) in [5, 5.41) is 0.736. The average molecular weight is 249 g/mol. The minimum Gasteiger partial charge on any atom is -0.487 e. The molecule has 0 saturated carbocycles. The quantitative estimate of drug-likeness (QED) is 0.907.